The largest absolute Gasteiger partial charge is 0.477 e. The molecule has 0 atom stereocenters. The van der Waals surface area contributed by atoms with Crippen LogP contribution in [0.4, 0.5) is 8.78 Å². The number of aromatic amines is 1. The summed E-state index contributed by atoms with van der Waals surface area (Å²) < 4.78 is 25.0. The highest BCUT2D eigenvalue weighted by molar-refractivity contribution is 5.95. The van der Waals surface area contributed by atoms with E-state index in [1.54, 1.807) is 0 Å². The molecule has 0 bridgehead atoms. The predicted molar refractivity (Wildman–Crippen MR) is 51.0 cm³/mol. The normalized spacial score (nSPS) is 18.5. The summed E-state index contributed by atoms with van der Waals surface area (Å²) in [5.74, 6) is -4.61. The standard InChI is InChI=1S/C9H9F2N3O3/c10-9(11)2-4(3-9)12-7(15)5-1-6(8(16)17)14-13-5/h1,4H,2-3H2,(H,12,15)(H,13,14)(H,16,17). The summed E-state index contributed by atoms with van der Waals surface area (Å²) >= 11 is 0. The molecule has 0 aromatic carbocycles. The first-order valence-corrected chi connectivity index (χ1v) is 4.85. The molecule has 0 saturated heterocycles. The zero-order chi connectivity index (χ0) is 12.6. The molecule has 0 aliphatic heterocycles. The van der Waals surface area contributed by atoms with Crippen molar-refractivity contribution in [1.82, 2.24) is 15.5 Å². The quantitative estimate of drug-likeness (QED) is 0.728. The van der Waals surface area contributed by atoms with Crippen LogP contribution in [-0.2, 0) is 0 Å². The third kappa shape index (κ3) is 2.40. The smallest absolute Gasteiger partial charge is 0.353 e. The number of carboxylic acids is 1. The topological polar surface area (TPSA) is 95.1 Å². The Morgan fingerprint density at radius 3 is 2.65 bits per heavy atom. The van der Waals surface area contributed by atoms with E-state index in [2.05, 4.69) is 15.5 Å². The lowest BCUT2D eigenvalue weighted by Crippen LogP contribution is -2.50. The maximum absolute atomic E-state index is 12.5. The molecule has 17 heavy (non-hydrogen) atoms. The van der Waals surface area contributed by atoms with E-state index in [0.29, 0.717) is 0 Å². The van der Waals surface area contributed by atoms with Gasteiger partial charge in [-0.25, -0.2) is 13.6 Å². The van der Waals surface area contributed by atoms with Crippen LogP contribution in [0.5, 0.6) is 0 Å². The van der Waals surface area contributed by atoms with E-state index in [1.165, 1.54) is 0 Å². The average Bonchev–Trinajstić information content (AvgIpc) is 2.63. The van der Waals surface area contributed by atoms with Crippen molar-refractivity contribution in [3.8, 4) is 0 Å². The molecule has 8 heteroatoms. The first kappa shape index (κ1) is 11.5. The van der Waals surface area contributed by atoms with Gasteiger partial charge in [-0.1, -0.05) is 0 Å². The molecule has 1 aromatic heterocycles. The summed E-state index contributed by atoms with van der Waals surface area (Å²) in [6, 6.07) is 0.469. The Morgan fingerprint density at radius 1 is 1.53 bits per heavy atom. The molecule has 92 valence electrons. The zero-order valence-electron chi connectivity index (χ0n) is 8.54. The number of halogens is 2. The summed E-state index contributed by atoms with van der Waals surface area (Å²) in [7, 11) is 0. The molecule has 1 heterocycles. The second kappa shape index (κ2) is 3.79. The summed E-state index contributed by atoms with van der Waals surface area (Å²) in [5.41, 5.74) is -0.355. The third-order valence-electron chi connectivity index (χ3n) is 2.47. The molecule has 1 amide bonds. The fourth-order valence-electron chi connectivity index (χ4n) is 1.57. The van der Waals surface area contributed by atoms with Gasteiger partial charge in [0.05, 0.1) is 0 Å². The SMILES string of the molecule is O=C(NC1CC(F)(F)C1)c1cc(C(=O)O)[nH]n1. The number of nitrogens with one attached hydrogen (secondary N) is 2. The Balaban J connectivity index is 1.94. The number of hydrogen-bond acceptors (Lipinski definition) is 3. The highest BCUT2D eigenvalue weighted by Gasteiger charge is 2.46. The lowest BCUT2D eigenvalue weighted by atomic mass is 9.88. The van der Waals surface area contributed by atoms with E-state index in [1.807, 2.05) is 0 Å². The van der Waals surface area contributed by atoms with Crippen LogP contribution < -0.4 is 5.32 Å². The predicted octanol–water partition coefficient (Wildman–Crippen LogP) is 0.635. The molecule has 1 aromatic rings. The first-order valence-electron chi connectivity index (χ1n) is 4.85. The van der Waals surface area contributed by atoms with E-state index in [-0.39, 0.29) is 11.4 Å². The maximum Gasteiger partial charge on any atom is 0.353 e. The van der Waals surface area contributed by atoms with Crippen molar-refractivity contribution in [3.63, 3.8) is 0 Å². The summed E-state index contributed by atoms with van der Waals surface area (Å²) in [5, 5.41) is 16.6. The fraction of sp³-hybridized carbons (Fsp3) is 0.444. The molecule has 0 unspecified atom stereocenters. The minimum Gasteiger partial charge on any atom is -0.477 e. The molecular formula is C9H9F2N3O3. The lowest BCUT2D eigenvalue weighted by molar-refractivity contribution is -0.0901. The van der Waals surface area contributed by atoms with Crippen LogP contribution >= 0.6 is 0 Å². The van der Waals surface area contributed by atoms with Crippen molar-refractivity contribution in [2.24, 2.45) is 0 Å². The Bertz CT molecular complexity index is 464. The first-order chi connectivity index (χ1) is 7.87. The van der Waals surface area contributed by atoms with Crippen LogP contribution in [-0.4, -0.2) is 39.1 Å². The highest BCUT2D eigenvalue weighted by atomic mass is 19.3. The molecule has 1 aliphatic rings. The van der Waals surface area contributed by atoms with Gasteiger partial charge in [0.1, 0.15) is 5.69 Å². The Kier molecular flexibility index (Phi) is 2.56. The number of amides is 1. The second-order valence-corrected chi connectivity index (χ2v) is 3.91. The van der Waals surface area contributed by atoms with Gasteiger partial charge in [-0.3, -0.25) is 9.89 Å². The van der Waals surface area contributed by atoms with Gasteiger partial charge in [0, 0.05) is 24.9 Å². The number of hydrogen-bond donors (Lipinski definition) is 3. The van der Waals surface area contributed by atoms with Crippen molar-refractivity contribution in [2.75, 3.05) is 0 Å². The van der Waals surface area contributed by atoms with Crippen molar-refractivity contribution >= 4 is 11.9 Å². The number of aromatic nitrogens is 2. The van der Waals surface area contributed by atoms with E-state index >= 15 is 0 Å². The second-order valence-electron chi connectivity index (χ2n) is 3.91. The van der Waals surface area contributed by atoms with Crippen LogP contribution in [0.2, 0.25) is 0 Å². The number of nitrogens with zero attached hydrogens (tertiary/aromatic N) is 1. The number of H-pyrrole nitrogens is 1. The van der Waals surface area contributed by atoms with Crippen LogP contribution in [0.25, 0.3) is 0 Å². The maximum atomic E-state index is 12.5. The van der Waals surface area contributed by atoms with Gasteiger partial charge in [0.25, 0.3) is 11.8 Å². The van der Waals surface area contributed by atoms with Gasteiger partial charge in [-0.2, -0.15) is 5.10 Å². The van der Waals surface area contributed by atoms with Crippen molar-refractivity contribution in [2.45, 2.75) is 24.8 Å². The Hall–Kier alpha value is -1.99. The number of alkyl halides is 2. The number of carbonyl (C=O) groups excluding carboxylic acids is 1. The molecule has 0 spiro atoms. The molecule has 1 aliphatic carbocycles. The molecule has 6 nitrogen and oxygen atoms in total. The van der Waals surface area contributed by atoms with Gasteiger partial charge in [0.15, 0.2) is 5.69 Å². The number of aromatic carboxylic acids is 1. The molecule has 1 saturated carbocycles. The lowest BCUT2D eigenvalue weighted by Gasteiger charge is -2.35. The van der Waals surface area contributed by atoms with Crippen molar-refractivity contribution < 1.29 is 23.5 Å². The van der Waals surface area contributed by atoms with Gasteiger partial charge < -0.3 is 10.4 Å². The van der Waals surface area contributed by atoms with Crippen molar-refractivity contribution in [3.05, 3.63) is 17.5 Å². The van der Waals surface area contributed by atoms with Crippen LogP contribution in [0, 0.1) is 0 Å². The number of carbonyl (C=O) groups is 2. The minimum atomic E-state index is -2.71. The molecule has 2 rings (SSSR count). The molecule has 1 fully saturated rings. The van der Waals surface area contributed by atoms with Gasteiger partial charge in [-0.15, -0.1) is 0 Å². The van der Waals surface area contributed by atoms with Gasteiger partial charge in [-0.05, 0) is 0 Å². The average molecular weight is 245 g/mol. The highest BCUT2D eigenvalue weighted by Crippen LogP contribution is 2.37. The van der Waals surface area contributed by atoms with Crippen molar-refractivity contribution in [1.29, 1.82) is 0 Å². The summed E-state index contributed by atoms with van der Waals surface area (Å²) in [6.07, 6.45) is -0.788. The summed E-state index contributed by atoms with van der Waals surface area (Å²) in [6.45, 7) is 0. The number of carboxylic acid groups (broad SMARTS) is 1. The van der Waals surface area contributed by atoms with E-state index in [0.717, 1.165) is 6.07 Å². The molecular weight excluding hydrogens is 236 g/mol. The van der Waals surface area contributed by atoms with Crippen LogP contribution in [0.3, 0.4) is 0 Å². The van der Waals surface area contributed by atoms with E-state index in [9.17, 15) is 18.4 Å². The van der Waals surface area contributed by atoms with E-state index in [4.69, 9.17) is 5.11 Å². The van der Waals surface area contributed by atoms with Crippen LogP contribution in [0.1, 0.15) is 33.8 Å². The van der Waals surface area contributed by atoms with E-state index < -0.39 is 36.7 Å². The Morgan fingerprint density at radius 2 is 2.18 bits per heavy atom. The molecule has 3 N–H and O–H groups in total. The summed E-state index contributed by atoms with van der Waals surface area (Å²) in [4.78, 5) is 22.0. The van der Waals surface area contributed by atoms with Gasteiger partial charge >= 0.3 is 5.97 Å². The van der Waals surface area contributed by atoms with Gasteiger partial charge in [0.2, 0.25) is 0 Å². The van der Waals surface area contributed by atoms with Crippen LogP contribution in [0.15, 0.2) is 6.07 Å². The third-order valence-corrected chi connectivity index (χ3v) is 2.47. The monoisotopic (exact) mass is 245 g/mol. The fourth-order valence-corrected chi connectivity index (χ4v) is 1.57. The minimum absolute atomic E-state index is 0.127. The number of rotatable bonds is 3. The Labute approximate surface area is 94.0 Å². The molecule has 0 radical (unpaired) electrons. The zero-order valence-corrected chi connectivity index (χ0v) is 8.54.